The van der Waals surface area contributed by atoms with Crippen LogP contribution in [0.25, 0.3) is 28.2 Å². The summed E-state index contributed by atoms with van der Waals surface area (Å²) in [7, 11) is 0. The van der Waals surface area contributed by atoms with Gasteiger partial charge in [0.2, 0.25) is 11.8 Å². The van der Waals surface area contributed by atoms with Crippen LogP contribution in [0.2, 0.25) is 0 Å². The number of hydrogen-bond acceptors (Lipinski definition) is 4. The first-order chi connectivity index (χ1) is 16.0. The summed E-state index contributed by atoms with van der Waals surface area (Å²) in [6.07, 6.45) is 0.994. The number of aromatic hydroxyl groups is 1. The molecule has 0 radical (unpaired) electrons. The van der Waals surface area contributed by atoms with Gasteiger partial charge in [0, 0.05) is 11.1 Å². The van der Waals surface area contributed by atoms with Gasteiger partial charge in [0.05, 0.1) is 16.6 Å². The van der Waals surface area contributed by atoms with E-state index >= 15 is 0 Å². The first-order valence-corrected chi connectivity index (χ1v) is 10.3. The molecule has 5 aromatic rings. The zero-order chi connectivity index (χ0) is 22.9. The van der Waals surface area contributed by atoms with E-state index in [2.05, 4.69) is 15.1 Å². The molecule has 3 aromatic carbocycles. The minimum absolute atomic E-state index is 0.0616. The third kappa shape index (κ3) is 3.94. The zero-order valence-electron chi connectivity index (χ0n) is 17.4. The van der Waals surface area contributed by atoms with Gasteiger partial charge in [-0.1, -0.05) is 36.4 Å². The lowest BCUT2D eigenvalue weighted by Gasteiger charge is -2.05. The molecule has 0 saturated carbocycles. The van der Waals surface area contributed by atoms with Crippen molar-refractivity contribution in [3.8, 4) is 23.1 Å². The standard InChI is InChI=1S/C25H19FN4O3/c26-18-12-5-15(6-13-18)7-14-19-22(16-8-10-17(11-9-16)24(32)33)29-30(23(19)31)25-27-20-3-1-2-4-21(20)28-25/h1-6,8-13,31H,7,14H2,(H,27,28)(H,32,33). The minimum atomic E-state index is -1.02. The van der Waals surface area contributed by atoms with Crippen molar-refractivity contribution in [2.24, 2.45) is 0 Å². The Morgan fingerprint density at radius 3 is 2.39 bits per heavy atom. The number of aromatic amines is 1. The molecule has 0 bridgehead atoms. The Bertz CT molecular complexity index is 1420. The van der Waals surface area contributed by atoms with Crippen molar-refractivity contribution < 1.29 is 19.4 Å². The van der Waals surface area contributed by atoms with E-state index in [9.17, 15) is 19.4 Å². The Balaban J connectivity index is 1.58. The number of imidazole rings is 1. The lowest BCUT2D eigenvalue weighted by Crippen LogP contribution is -1.98. The number of carbonyl (C=O) groups is 1. The lowest BCUT2D eigenvalue weighted by atomic mass is 10.0. The SMILES string of the molecule is O=C(O)c1ccc(-c2nn(-c3nc4ccccc4[nH]3)c(O)c2CCc2ccc(F)cc2)cc1. The van der Waals surface area contributed by atoms with Gasteiger partial charge in [0.1, 0.15) is 11.5 Å². The van der Waals surface area contributed by atoms with Crippen LogP contribution in [-0.2, 0) is 12.8 Å². The molecule has 2 heterocycles. The average Bonchev–Trinajstić information content (AvgIpc) is 3.39. The summed E-state index contributed by atoms with van der Waals surface area (Å²) in [6, 6.07) is 20.0. The second-order valence-corrected chi connectivity index (χ2v) is 7.65. The molecule has 2 aromatic heterocycles. The van der Waals surface area contributed by atoms with Crippen LogP contribution < -0.4 is 0 Å². The summed E-state index contributed by atoms with van der Waals surface area (Å²) < 4.78 is 14.6. The van der Waals surface area contributed by atoms with Crippen LogP contribution in [0.4, 0.5) is 4.39 Å². The van der Waals surface area contributed by atoms with E-state index in [-0.39, 0.29) is 17.3 Å². The molecule has 0 aliphatic heterocycles. The molecule has 0 spiro atoms. The van der Waals surface area contributed by atoms with Crippen molar-refractivity contribution in [2.75, 3.05) is 0 Å². The van der Waals surface area contributed by atoms with Gasteiger partial charge in [0.15, 0.2) is 0 Å². The average molecular weight is 442 g/mol. The van der Waals surface area contributed by atoms with Gasteiger partial charge in [-0.25, -0.2) is 14.2 Å². The summed E-state index contributed by atoms with van der Waals surface area (Å²) in [5, 5.41) is 24.9. The Labute approximate surface area is 187 Å². The number of aromatic nitrogens is 4. The number of aromatic carboxylic acids is 1. The maximum absolute atomic E-state index is 13.3. The fourth-order valence-corrected chi connectivity index (χ4v) is 3.78. The summed E-state index contributed by atoms with van der Waals surface area (Å²) in [6.45, 7) is 0. The number of benzene rings is 3. The van der Waals surface area contributed by atoms with Crippen LogP contribution in [0, 0.1) is 5.82 Å². The van der Waals surface area contributed by atoms with Gasteiger partial charge in [-0.2, -0.15) is 9.78 Å². The van der Waals surface area contributed by atoms with E-state index < -0.39 is 5.97 Å². The number of para-hydroxylation sites is 2. The largest absolute Gasteiger partial charge is 0.493 e. The number of halogens is 1. The molecule has 8 heteroatoms. The minimum Gasteiger partial charge on any atom is -0.493 e. The number of rotatable bonds is 6. The molecular weight excluding hydrogens is 423 g/mol. The van der Waals surface area contributed by atoms with Crippen LogP contribution in [0.3, 0.4) is 0 Å². The highest BCUT2D eigenvalue weighted by Gasteiger charge is 2.22. The topological polar surface area (TPSA) is 104 Å². The number of hydrogen-bond donors (Lipinski definition) is 3. The first-order valence-electron chi connectivity index (χ1n) is 10.3. The van der Waals surface area contributed by atoms with Gasteiger partial charge in [-0.3, -0.25) is 0 Å². The van der Waals surface area contributed by atoms with Crippen LogP contribution in [0.1, 0.15) is 21.5 Å². The molecule has 0 unspecified atom stereocenters. The Morgan fingerprint density at radius 2 is 1.70 bits per heavy atom. The number of nitrogens with zero attached hydrogens (tertiary/aromatic N) is 3. The second kappa shape index (κ2) is 8.23. The number of nitrogens with one attached hydrogen (secondary N) is 1. The van der Waals surface area contributed by atoms with E-state index in [0.29, 0.717) is 35.6 Å². The maximum Gasteiger partial charge on any atom is 0.335 e. The predicted molar refractivity (Wildman–Crippen MR) is 121 cm³/mol. The van der Waals surface area contributed by atoms with Gasteiger partial charge in [-0.05, 0) is 54.8 Å². The fourth-order valence-electron chi connectivity index (χ4n) is 3.78. The molecule has 0 saturated heterocycles. The maximum atomic E-state index is 13.3. The Kier molecular flexibility index (Phi) is 5.10. The van der Waals surface area contributed by atoms with E-state index in [1.165, 1.54) is 28.9 Å². The molecule has 0 aliphatic carbocycles. The summed E-state index contributed by atoms with van der Waals surface area (Å²) in [4.78, 5) is 18.9. The number of H-pyrrole nitrogens is 1. The highest BCUT2D eigenvalue weighted by molar-refractivity contribution is 5.88. The predicted octanol–water partition coefficient (Wildman–Crippen LogP) is 4.74. The van der Waals surface area contributed by atoms with Gasteiger partial charge >= 0.3 is 5.97 Å². The molecule has 0 atom stereocenters. The normalized spacial score (nSPS) is 11.2. The summed E-state index contributed by atoms with van der Waals surface area (Å²) in [5.41, 5.74) is 4.39. The monoisotopic (exact) mass is 442 g/mol. The molecule has 0 fully saturated rings. The quantitative estimate of drug-likeness (QED) is 0.352. The highest BCUT2D eigenvalue weighted by Crippen LogP contribution is 2.33. The van der Waals surface area contributed by atoms with Crippen molar-refractivity contribution >= 4 is 17.0 Å². The number of fused-ring (bicyclic) bond motifs is 1. The molecule has 164 valence electrons. The van der Waals surface area contributed by atoms with Crippen molar-refractivity contribution in [1.29, 1.82) is 0 Å². The fraction of sp³-hybridized carbons (Fsp3) is 0.0800. The van der Waals surface area contributed by atoms with Crippen molar-refractivity contribution in [1.82, 2.24) is 19.7 Å². The Morgan fingerprint density at radius 1 is 0.970 bits per heavy atom. The molecule has 5 rings (SSSR count). The third-order valence-electron chi connectivity index (χ3n) is 5.52. The van der Waals surface area contributed by atoms with Crippen LogP contribution in [0.15, 0.2) is 72.8 Å². The van der Waals surface area contributed by atoms with Crippen LogP contribution in [-0.4, -0.2) is 35.9 Å². The van der Waals surface area contributed by atoms with Crippen LogP contribution >= 0.6 is 0 Å². The molecule has 0 aliphatic rings. The zero-order valence-corrected chi connectivity index (χ0v) is 17.4. The van der Waals surface area contributed by atoms with Crippen molar-refractivity contribution in [3.05, 3.63) is 95.3 Å². The van der Waals surface area contributed by atoms with E-state index in [0.717, 1.165) is 16.6 Å². The van der Waals surface area contributed by atoms with E-state index in [1.807, 2.05) is 24.3 Å². The van der Waals surface area contributed by atoms with Crippen molar-refractivity contribution in [2.45, 2.75) is 12.8 Å². The lowest BCUT2D eigenvalue weighted by molar-refractivity contribution is 0.0697. The Hall–Kier alpha value is -4.46. The van der Waals surface area contributed by atoms with Gasteiger partial charge in [-0.15, -0.1) is 0 Å². The third-order valence-corrected chi connectivity index (χ3v) is 5.52. The van der Waals surface area contributed by atoms with Crippen LogP contribution in [0.5, 0.6) is 5.88 Å². The van der Waals surface area contributed by atoms with Crippen molar-refractivity contribution in [3.63, 3.8) is 0 Å². The smallest absolute Gasteiger partial charge is 0.335 e. The number of carboxylic acids is 1. The van der Waals surface area contributed by atoms with Gasteiger partial charge in [0.25, 0.3) is 0 Å². The molecule has 0 amide bonds. The molecule has 3 N–H and O–H groups in total. The first kappa shape index (κ1) is 20.4. The highest BCUT2D eigenvalue weighted by atomic mass is 19.1. The van der Waals surface area contributed by atoms with Gasteiger partial charge < -0.3 is 15.2 Å². The van der Waals surface area contributed by atoms with E-state index in [4.69, 9.17) is 0 Å². The summed E-state index contributed by atoms with van der Waals surface area (Å²) in [5.74, 6) is -1.02. The molecular formula is C25H19FN4O3. The van der Waals surface area contributed by atoms with E-state index in [1.54, 1.807) is 24.3 Å². The summed E-state index contributed by atoms with van der Waals surface area (Å²) >= 11 is 0. The molecule has 7 nitrogen and oxygen atoms in total. The second-order valence-electron chi connectivity index (χ2n) is 7.65. The molecule has 33 heavy (non-hydrogen) atoms. The number of aryl methyl sites for hydroxylation is 1. The number of carboxylic acid groups (broad SMARTS) is 1.